The molecule has 2 unspecified atom stereocenters. The van der Waals surface area contributed by atoms with Crippen molar-refractivity contribution < 1.29 is 4.79 Å². The molecule has 0 bridgehead atoms. The molecule has 128 valence electrons. The number of hydrogen-bond acceptors (Lipinski definition) is 4. The van der Waals surface area contributed by atoms with Gasteiger partial charge in [0.15, 0.2) is 0 Å². The molecule has 0 radical (unpaired) electrons. The lowest BCUT2D eigenvalue weighted by Gasteiger charge is -2.18. The molecule has 1 saturated heterocycles. The Bertz CT molecular complexity index is 979. The number of carbonyl (C=O) groups is 1. The van der Waals surface area contributed by atoms with Gasteiger partial charge in [-0.15, -0.1) is 0 Å². The van der Waals surface area contributed by atoms with E-state index < -0.39 is 0 Å². The van der Waals surface area contributed by atoms with Crippen LogP contribution in [-0.4, -0.2) is 22.4 Å². The Labute approximate surface area is 147 Å². The summed E-state index contributed by atoms with van der Waals surface area (Å²) in [5.74, 6) is -0.378. The van der Waals surface area contributed by atoms with Crippen molar-refractivity contribution in [2.45, 2.75) is 6.04 Å². The van der Waals surface area contributed by atoms with Crippen LogP contribution < -0.4 is 21.9 Å². The van der Waals surface area contributed by atoms with E-state index in [1.807, 2.05) is 24.3 Å². The van der Waals surface area contributed by atoms with E-state index in [1.165, 1.54) is 0 Å². The van der Waals surface area contributed by atoms with E-state index in [9.17, 15) is 9.59 Å². The standard InChI is InChI=1S/C17H16ClN5O2/c18-10-3-1-9(2-4-10)15-12(8-19-23-15)16(24)20-11-5-6-13-14(7-11)22-17(25)21-13/h1-7,12,15,19,23H,8H2,(H,20,24)(H2,21,22,25). The monoisotopic (exact) mass is 357 g/mol. The molecule has 8 heteroatoms. The summed E-state index contributed by atoms with van der Waals surface area (Å²) >= 11 is 5.93. The Balaban J connectivity index is 1.54. The van der Waals surface area contributed by atoms with E-state index in [4.69, 9.17) is 11.6 Å². The van der Waals surface area contributed by atoms with Gasteiger partial charge in [0.1, 0.15) is 0 Å². The molecule has 1 amide bonds. The molecule has 1 aliphatic rings. The number of H-pyrrole nitrogens is 2. The number of carbonyl (C=O) groups excluding carboxylic acids is 1. The first-order valence-electron chi connectivity index (χ1n) is 7.87. The summed E-state index contributed by atoms with van der Waals surface area (Å²) in [6.07, 6.45) is 0. The number of aromatic amines is 2. The summed E-state index contributed by atoms with van der Waals surface area (Å²) < 4.78 is 0. The zero-order valence-electron chi connectivity index (χ0n) is 13.1. The van der Waals surface area contributed by atoms with Crippen LogP contribution in [0.4, 0.5) is 5.69 Å². The molecule has 1 fully saturated rings. The molecule has 7 nitrogen and oxygen atoms in total. The predicted octanol–water partition coefficient (Wildman–Crippen LogP) is 1.91. The van der Waals surface area contributed by atoms with E-state index in [1.54, 1.807) is 18.2 Å². The average Bonchev–Trinajstić information content (AvgIpc) is 3.21. The van der Waals surface area contributed by atoms with Crippen LogP contribution in [0, 0.1) is 5.92 Å². The number of nitrogens with one attached hydrogen (secondary N) is 5. The molecule has 1 aromatic heterocycles. The lowest BCUT2D eigenvalue weighted by atomic mass is 9.94. The van der Waals surface area contributed by atoms with Crippen LogP contribution in [-0.2, 0) is 4.79 Å². The Morgan fingerprint density at radius 1 is 1.08 bits per heavy atom. The number of imidazole rings is 1. The van der Waals surface area contributed by atoms with Gasteiger partial charge in [0, 0.05) is 17.3 Å². The number of fused-ring (bicyclic) bond motifs is 1. The Morgan fingerprint density at radius 3 is 2.64 bits per heavy atom. The molecule has 2 heterocycles. The largest absolute Gasteiger partial charge is 0.326 e. The fraction of sp³-hybridized carbons (Fsp3) is 0.176. The van der Waals surface area contributed by atoms with Gasteiger partial charge in [0.2, 0.25) is 5.91 Å². The molecule has 25 heavy (non-hydrogen) atoms. The first kappa shape index (κ1) is 15.9. The fourth-order valence-corrected chi connectivity index (χ4v) is 3.20. The van der Waals surface area contributed by atoms with E-state index in [0.29, 0.717) is 28.3 Å². The molecule has 4 rings (SSSR count). The molecule has 0 aliphatic carbocycles. The normalized spacial score (nSPS) is 20.0. The molecule has 3 aromatic rings. The van der Waals surface area contributed by atoms with Crippen molar-refractivity contribution >= 4 is 34.2 Å². The molecular formula is C17H16ClN5O2. The van der Waals surface area contributed by atoms with Crippen LogP contribution in [0.5, 0.6) is 0 Å². The minimum absolute atomic E-state index is 0.102. The molecule has 0 saturated carbocycles. The zero-order chi connectivity index (χ0) is 17.4. The first-order chi connectivity index (χ1) is 12.1. The van der Waals surface area contributed by atoms with Crippen molar-refractivity contribution in [2.75, 3.05) is 11.9 Å². The minimum Gasteiger partial charge on any atom is -0.326 e. The number of hydrogen-bond donors (Lipinski definition) is 5. The number of benzene rings is 2. The molecule has 1 aliphatic heterocycles. The van der Waals surface area contributed by atoms with Crippen molar-refractivity contribution in [1.82, 2.24) is 20.8 Å². The zero-order valence-corrected chi connectivity index (χ0v) is 13.9. The fourth-order valence-electron chi connectivity index (χ4n) is 3.07. The molecule has 0 spiro atoms. The lowest BCUT2D eigenvalue weighted by Crippen LogP contribution is -2.29. The van der Waals surface area contributed by atoms with Crippen molar-refractivity contribution in [2.24, 2.45) is 5.92 Å². The topological polar surface area (TPSA) is 102 Å². The first-order valence-corrected chi connectivity index (χ1v) is 8.25. The number of anilines is 1. The molecular weight excluding hydrogens is 342 g/mol. The van der Waals surface area contributed by atoms with Gasteiger partial charge >= 0.3 is 5.69 Å². The van der Waals surface area contributed by atoms with Gasteiger partial charge in [0.05, 0.1) is 23.0 Å². The molecule has 2 atom stereocenters. The minimum atomic E-state index is -0.276. The van der Waals surface area contributed by atoms with Crippen molar-refractivity contribution in [3.8, 4) is 0 Å². The highest BCUT2D eigenvalue weighted by molar-refractivity contribution is 6.30. The van der Waals surface area contributed by atoms with E-state index >= 15 is 0 Å². The highest BCUT2D eigenvalue weighted by Crippen LogP contribution is 2.27. The maximum atomic E-state index is 12.7. The number of halogens is 1. The van der Waals surface area contributed by atoms with Crippen LogP contribution in [0.1, 0.15) is 11.6 Å². The summed E-state index contributed by atoms with van der Waals surface area (Å²) in [5, 5.41) is 3.57. The van der Waals surface area contributed by atoms with Crippen molar-refractivity contribution in [1.29, 1.82) is 0 Å². The van der Waals surface area contributed by atoms with E-state index in [-0.39, 0.29) is 23.6 Å². The maximum Gasteiger partial charge on any atom is 0.323 e. The lowest BCUT2D eigenvalue weighted by molar-refractivity contribution is -0.119. The third-order valence-electron chi connectivity index (χ3n) is 4.33. The number of amides is 1. The summed E-state index contributed by atoms with van der Waals surface area (Å²) in [7, 11) is 0. The summed E-state index contributed by atoms with van der Waals surface area (Å²) in [4.78, 5) is 29.4. The highest BCUT2D eigenvalue weighted by atomic mass is 35.5. The predicted molar refractivity (Wildman–Crippen MR) is 96.4 cm³/mol. The van der Waals surface area contributed by atoms with Crippen LogP contribution in [0.15, 0.2) is 47.3 Å². The highest BCUT2D eigenvalue weighted by Gasteiger charge is 2.34. The number of hydrazine groups is 1. The van der Waals surface area contributed by atoms with Gasteiger partial charge in [-0.25, -0.2) is 10.2 Å². The second kappa shape index (κ2) is 6.36. The quantitative estimate of drug-likeness (QED) is 0.494. The van der Waals surface area contributed by atoms with Crippen LogP contribution in [0.3, 0.4) is 0 Å². The second-order valence-electron chi connectivity index (χ2n) is 5.99. The Hall–Kier alpha value is -2.61. The second-order valence-corrected chi connectivity index (χ2v) is 6.43. The summed E-state index contributed by atoms with van der Waals surface area (Å²) in [6, 6.07) is 12.5. The Morgan fingerprint density at radius 2 is 1.84 bits per heavy atom. The van der Waals surface area contributed by atoms with Gasteiger partial charge in [-0.05, 0) is 35.9 Å². The van der Waals surface area contributed by atoms with Crippen LogP contribution >= 0.6 is 11.6 Å². The van der Waals surface area contributed by atoms with Crippen LogP contribution in [0.25, 0.3) is 11.0 Å². The van der Waals surface area contributed by atoms with Gasteiger partial charge in [-0.2, -0.15) is 0 Å². The van der Waals surface area contributed by atoms with E-state index in [0.717, 1.165) is 5.56 Å². The smallest absolute Gasteiger partial charge is 0.323 e. The third-order valence-corrected chi connectivity index (χ3v) is 4.58. The van der Waals surface area contributed by atoms with Gasteiger partial charge < -0.3 is 15.3 Å². The summed E-state index contributed by atoms with van der Waals surface area (Å²) in [5.41, 5.74) is 8.87. The molecule has 2 aromatic carbocycles. The number of rotatable bonds is 3. The number of aromatic nitrogens is 2. The third kappa shape index (κ3) is 3.17. The van der Waals surface area contributed by atoms with Gasteiger partial charge in [0.25, 0.3) is 0 Å². The Kier molecular flexibility index (Phi) is 4.04. The average molecular weight is 358 g/mol. The molecule has 5 N–H and O–H groups in total. The van der Waals surface area contributed by atoms with Crippen LogP contribution in [0.2, 0.25) is 5.02 Å². The van der Waals surface area contributed by atoms with Crippen molar-refractivity contribution in [3.63, 3.8) is 0 Å². The van der Waals surface area contributed by atoms with Crippen molar-refractivity contribution in [3.05, 3.63) is 63.5 Å². The van der Waals surface area contributed by atoms with E-state index in [2.05, 4.69) is 26.1 Å². The summed E-state index contributed by atoms with van der Waals surface area (Å²) in [6.45, 7) is 0.516. The van der Waals surface area contributed by atoms with Gasteiger partial charge in [-0.1, -0.05) is 23.7 Å². The maximum absolute atomic E-state index is 12.7. The SMILES string of the molecule is O=C(Nc1ccc2[nH]c(=O)[nH]c2c1)C1CNNC1c1ccc(Cl)cc1. The van der Waals surface area contributed by atoms with Gasteiger partial charge in [-0.3, -0.25) is 10.2 Å².